The molecule has 2 aromatic heterocycles. The van der Waals surface area contributed by atoms with Crippen LogP contribution in [0.25, 0.3) is 5.52 Å². The maximum atomic E-state index is 12.1. The zero-order valence-electron chi connectivity index (χ0n) is 17.5. The number of nitrogens with zero attached hydrogens (tertiary/aromatic N) is 3. The summed E-state index contributed by atoms with van der Waals surface area (Å²) in [7, 11) is 0. The number of nitrogens with one attached hydrogen (secondary N) is 1. The van der Waals surface area contributed by atoms with Crippen molar-refractivity contribution < 1.29 is 29.3 Å². The third-order valence-electron chi connectivity index (χ3n) is 5.24. The van der Waals surface area contributed by atoms with E-state index in [1.165, 1.54) is 10.8 Å². The number of ether oxygens (including phenoxy) is 2. The highest BCUT2D eigenvalue weighted by Gasteiger charge is 2.55. The maximum Gasteiger partial charge on any atom is 0.308 e. The van der Waals surface area contributed by atoms with Crippen molar-refractivity contribution in [2.75, 3.05) is 11.9 Å². The number of esters is 1. The number of fused-ring (bicyclic) bond motifs is 1. The first-order chi connectivity index (χ1) is 14.2. The van der Waals surface area contributed by atoms with E-state index in [2.05, 4.69) is 15.4 Å². The third-order valence-corrected chi connectivity index (χ3v) is 5.24. The van der Waals surface area contributed by atoms with E-state index in [0.29, 0.717) is 29.9 Å². The lowest BCUT2D eigenvalue weighted by molar-refractivity contribution is -0.160. The van der Waals surface area contributed by atoms with Crippen LogP contribution in [0.1, 0.15) is 46.2 Å². The van der Waals surface area contributed by atoms with Gasteiger partial charge < -0.3 is 25.0 Å². The summed E-state index contributed by atoms with van der Waals surface area (Å²) in [6.45, 7) is 6.49. The Kier molecular flexibility index (Phi) is 6.39. The SMILES string of the molecule is CCCC(=O)Nc1ncnn2c([C@]3(C)O[C@H](CO)[C@@H](OC(=O)C(C)C)[C@H]3O)ccc12. The number of carbonyl (C=O) groups is 2. The van der Waals surface area contributed by atoms with Gasteiger partial charge in [-0.1, -0.05) is 20.8 Å². The summed E-state index contributed by atoms with van der Waals surface area (Å²) in [4.78, 5) is 28.2. The quantitative estimate of drug-likeness (QED) is 0.565. The zero-order valence-corrected chi connectivity index (χ0v) is 17.5. The molecule has 164 valence electrons. The van der Waals surface area contributed by atoms with Gasteiger partial charge in [0.25, 0.3) is 0 Å². The van der Waals surface area contributed by atoms with E-state index in [4.69, 9.17) is 9.47 Å². The van der Waals surface area contributed by atoms with Crippen LogP contribution in [0.15, 0.2) is 18.5 Å². The van der Waals surface area contributed by atoms with Crippen molar-refractivity contribution in [1.82, 2.24) is 14.6 Å². The predicted octanol–water partition coefficient (Wildman–Crippen LogP) is 1.00. The molecule has 0 radical (unpaired) electrons. The highest BCUT2D eigenvalue weighted by Crippen LogP contribution is 2.41. The minimum atomic E-state index is -1.32. The van der Waals surface area contributed by atoms with Crippen LogP contribution in [0.4, 0.5) is 5.82 Å². The Hall–Kier alpha value is -2.56. The van der Waals surface area contributed by atoms with Gasteiger partial charge in [0.15, 0.2) is 11.9 Å². The van der Waals surface area contributed by atoms with E-state index in [0.717, 1.165) is 0 Å². The molecule has 0 bridgehead atoms. The van der Waals surface area contributed by atoms with Crippen LogP contribution in [0.3, 0.4) is 0 Å². The molecule has 0 saturated carbocycles. The van der Waals surface area contributed by atoms with Crippen LogP contribution in [0.5, 0.6) is 0 Å². The van der Waals surface area contributed by atoms with Crippen LogP contribution >= 0.6 is 0 Å². The van der Waals surface area contributed by atoms with Crippen molar-refractivity contribution in [1.29, 1.82) is 0 Å². The molecule has 3 N–H and O–H groups in total. The normalized spacial score (nSPS) is 26.3. The molecular formula is C20H28N4O6. The van der Waals surface area contributed by atoms with E-state index in [1.807, 2.05) is 6.92 Å². The van der Waals surface area contributed by atoms with Gasteiger partial charge in [0.2, 0.25) is 5.91 Å². The molecule has 0 unspecified atom stereocenters. The summed E-state index contributed by atoms with van der Waals surface area (Å²) in [5, 5.41) is 27.7. The fourth-order valence-corrected chi connectivity index (χ4v) is 3.56. The molecule has 0 aromatic carbocycles. The average molecular weight is 420 g/mol. The molecule has 3 rings (SSSR count). The molecule has 1 saturated heterocycles. The van der Waals surface area contributed by atoms with Crippen LogP contribution in [-0.2, 0) is 24.7 Å². The Labute approximate surface area is 174 Å². The van der Waals surface area contributed by atoms with Crippen molar-refractivity contribution in [2.24, 2.45) is 5.92 Å². The summed E-state index contributed by atoms with van der Waals surface area (Å²) in [6, 6.07) is 3.41. The molecule has 1 aliphatic heterocycles. The van der Waals surface area contributed by atoms with Crippen molar-refractivity contribution in [2.45, 2.75) is 64.4 Å². The van der Waals surface area contributed by atoms with E-state index < -0.39 is 36.5 Å². The maximum absolute atomic E-state index is 12.1. The Bertz CT molecular complexity index is 929. The van der Waals surface area contributed by atoms with Gasteiger partial charge in [-0.3, -0.25) is 9.59 Å². The number of anilines is 1. The van der Waals surface area contributed by atoms with Crippen molar-refractivity contribution >= 4 is 23.2 Å². The van der Waals surface area contributed by atoms with Gasteiger partial charge in [-0.25, -0.2) is 9.50 Å². The molecule has 2 aromatic rings. The molecule has 1 amide bonds. The van der Waals surface area contributed by atoms with E-state index >= 15 is 0 Å². The molecular weight excluding hydrogens is 392 g/mol. The van der Waals surface area contributed by atoms with Crippen LogP contribution in [-0.4, -0.2) is 61.6 Å². The Morgan fingerprint density at radius 3 is 2.77 bits per heavy atom. The topological polar surface area (TPSA) is 135 Å². The molecule has 4 atom stereocenters. The standard InChI is InChI=1S/C20H28N4O6/c1-5-6-15(26)23-18-12-7-8-14(24(12)22-10-21-18)20(4)17(27)16(13(9-25)30-20)29-19(28)11(2)3/h7-8,10-11,13,16-17,25,27H,5-6,9H2,1-4H3,(H,21,22,23,26)/t13-,16-,17-,20+/m1/s1. The minimum Gasteiger partial charge on any atom is -0.456 e. The number of aromatic nitrogens is 3. The predicted molar refractivity (Wildman–Crippen MR) is 107 cm³/mol. The smallest absolute Gasteiger partial charge is 0.308 e. The Balaban J connectivity index is 1.96. The second-order valence-corrected chi connectivity index (χ2v) is 7.87. The average Bonchev–Trinajstić information content (AvgIpc) is 3.24. The highest BCUT2D eigenvalue weighted by atomic mass is 16.6. The summed E-state index contributed by atoms with van der Waals surface area (Å²) in [6.07, 6.45) is -0.817. The summed E-state index contributed by atoms with van der Waals surface area (Å²) in [5.74, 6) is -0.703. The van der Waals surface area contributed by atoms with Crippen LogP contribution in [0, 0.1) is 5.92 Å². The largest absolute Gasteiger partial charge is 0.456 e. The summed E-state index contributed by atoms with van der Waals surface area (Å²) < 4.78 is 12.9. The molecule has 1 aliphatic rings. The number of amides is 1. The summed E-state index contributed by atoms with van der Waals surface area (Å²) >= 11 is 0. The lowest BCUT2D eigenvalue weighted by atomic mass is 9.93. The number of aliphatic hydroxyl groups excluding tert-OH is 2. The highest BCUT2D eigenvalue weighted by molar-refractivity contribution is 5.93. The molecule has 10 nitrogen and oxygen atoms in total. The monoisotopic (exact) mass is 420 g/mol. The van der Waals surface area contributed by atoms with E-state index in [1.54, 1.807) is 32.9 Å². The minimum absolute atomic E-state index is 0.162. The van der Waals surface area contributed by atoms with Gasteiger partial charge >= 0.3 is 5.97 Å². The van der Waals surface area contributed by atoms with Crippen molar-refractivity contribution in [3.8, 4) is 0 Å². The van der Waals surface area contributed by atoms with Gasteiger partial charge in [-0.05, 0) is 25.5 Å². The number of carbonyl (C=O) groups excluding carboxylic acids is 2. The second kappa shape index (κ2) is 8.66. The van der Waals surface area contributed by atoms with Gasteiger partial charge in [-0.15, -0.1) is 0 Å². The number of rotatable bonds is 7. The number of aliphatic hydroxyl groups is 2. The van der Waals surface area contributed by atoms with E-state index in [9.17, 15) is 19.8 Å². The Morgan fingerprint density at radius 1 is 1.40 bits per heavy atom. The number of hydrogen-bond donors (Lipinski definition) is 3. The zero-order chi connectivity index (χ0) is 22.1. The first-order valence-electron chi connectivity index (χ1n) is 10.0. The second-order valence-electron chi connectivity index (χ2n) is 7.87. The van der Waals surface area contributed by atoms with Gasteiger partial charge in [0.1, 0.15) is 29.7 Å². The van der Waals surface area contributed by atoms with Gasteiger partial charge in [0, 0.05) is 6.42 Å². The van der Waals surface area contributed by atoms with Crippen molar-refractivity contribution in [3.05, 3.63) is 24.2 Å². The van der Waals surface area contributed by atoms with Gasteiger partial charge in [0.05, 0.1) is 18.2 Å². The fourth-order valence-electron chi connectivity index (χ4n) is 3.56. The molecule has 0 aliphatic carbocycles. The molecule has 3 heterocycles. The van der Waals surface area contributed by atoms with Crippen LogP contribution in [0.2, 0.25) is 0 Å². The third kappa shape index (κ3) is 3.90. The summed E-state index contributed by atoms with van der Waals surface area (Å²) in [5.41, 5.74) is -0.321. The Morgan fingerprint density at radius 2 is 2.13 bits per heavy atom. The van der Waals surface area contributed by atoms with Crippen LogP contribution < -0.4 is 5.32 Å². The van der Waals surface area contributed by atoms with Crippen molar-refractivity contribution in [3.63, 3.8) is 0 Å². The van der Waals surface area contributed by atoms with Gasteiger partial charge in [-0.2, -0.15) is 5.10 Å². The first kappa shape index (κ1) is 22.1. The molecule has 30 heavy (non-hydrogen) atoms. The fraction of sp³-hybridized carbons (Fsp3) is 0.600. The molecule has 1 fully saturated rings. The first-order valence-corrected chi connectivity index (χ1v) is 10.0. The molecule has 10 heteroatoms. The lowest BCUT2D eigenvalue weighted by Crippen LogP contribution is -2.42. The van der Waals surface area contributed by atoms with E-state index in [-0.39, 0.29) is 11.8 Å². The molecule has 0 spiro atoms. The number of hydrogen-bond acceptors (Lipinski definition) is 8. The lowest BCUT2D eigenvalue weighted by Gasteiger charge is -2.28.